The molecule has 3 N–H and O–H groups in total. The van der Waals surface area contributed by atoms with E-state index in [2.05, 4.69) is 67.8 Å². The predicted molar refractivity (Wildman–Crippen MR) is 318 cm³/mol. The van der Waals surface area contributed by atoms with Crippen molar-refractivity contribution >= 4 is 13.7 Å². The van der Waals surface area contributed by atoms with E-state index in [-0.39, 0.29) is 19.1 Å². The lowest BCUT2D eigenvalue weighted by Gasteiger charge is -2.25. The largest absolute Gasteiger partial charge is 0.472 e. The number of likely N-dealkylation sites (N-methyl/N-ethyl adjacent to an activating group) is 1. The van der Waals surface area contributed by atoms with Gasteiger partial charge in [-0.25, -0.2) is 4.57 Å². The quantitative estimate of drug-likeness (QED) is 0.0243. The molecule has 9 heteroatoms. The summed E-state index contributed by atoms with van der Waals surface area (Å²) in [6.07, 6.45) is 74.8. The smallest absolute Gasteiger partial charge is 0.387 e. The third-order valence-electron chi connectivity index (χ3n) is 13.9. The highest BCUT2D eigenvalue weighted by molar-refractivity contribution is 7.47. The van der Waals surface area contributed by atoms with Gasteiger partial charge in [0.2, 0.25) is 5.91 Å². The fourth-order valence-electron chi connectivity index (χ4n) is 9.05. The van der Waals surface area contributed by atoms with Gasteiger partial charge >= 0.3 is 7.82 Å². The molecular formula is C64H122N2O6P+. The lowest BCUT2D eigenvalue weighted by Crippen LogP contribution is -2.45. The first-order chi connectivity index (χ1) is 35.5. The van der Waals surface area contributed by atoms with Crippen LogP contribution in [-0.2, 0) is 18.4 Å². The Labute approximate surface area is 453 Å². The Hall–Kier alpha value is -1.80. The van der Waals surface area contributed by atoms with E-state index in [0.29, 0.717) is 17.4 Å². The molecule has 0 bridgehead atoms. The summed E-state index contributed by atoms with van der Waals surface area (Å²) in [6, 6.07) is -0.874. The average molecular weight is 1050 g/mol. The maximum absolute atomic E-state index is 13.0. The first kappa shape index (κ1) is 71.2. The van der Waals surface area contributed by atoms with Crippen LogP contribution in [0, 0.1) is 0 Å². The molecule has 8 nitrogen and oxygen atoms in total. The van der Waals surface area contributed by atoms with E-state index in [1.165, 1.54) is 218 Å². The number of phosphoric ester groups is 1. The molecule has 0 heterocycles. The Bertz CT molecular complexity index is 1370. The summed E-state index contributed by atoms with van der Waals surface area (Å²) in [6.45, 7) is 4.81. The summed E-state index contributed by atoms with van der Waals surface area (Å²) in [5.41, 5.74) is 0. The minimum Gasteiger partial charge on any atom is -0.387 e. The number of phosphoric acid groups is 1. The molecule has 0 saturated carbocycles. The third kappa shape index (κ3) is 57.7. The van der Waals surface area contributed by atoms with Crippen molar-refractivity contribution in [3.63, 3.8) is 0 Å². The van der Waals surface area contributed by atoms with E-state index in [9.17, 15) is 19.4 Å². The van der Waals surface area contributed by atoms with Gasteiger partial charge in [0.15, 0.2) is 0 Å². The number of quaternary nitrogens is 1. The highest BCUT2D eigenvalue weighted by Gasteiger charge is 2.27. The average Bonchev–Trinajstić information content (AvgIpc) is 3.35. The van der Waals surface area contributed by atoms with Crippen molar-refractivity contribution in [2.75, 3.05) is 40.9 Å². The second-order valence-corrected chi connectivity index (χ2v) is 23.9. The predicted octanol–water partition coefficient (Wildman–Crippen LogP) is 19.3. The van der Waals surface area contributed by atoms with Crippen LogP contribution in [-0.4, -0.2) is 73.4 Å². The van der Waals surface area contributed by atoms with Gasteiger partial charge in [0.1, 0.15) is 13.2 Å². The highest BCUT2D eigenvalue weighted by atomic mass is 31.2. The minimum absolute atomic E-state index is 0.0518. The normalized spacial score (nSPS) is 14.2. The monoisotopic (exact) mass is 1050 g/mol. The molecule has 0 aliphatic carbocycles. The highest BCUT2D eigenvalue weighted by Crippen LogP contribution is 2.43. The number of nitrogens with zero attached hydrogens (tertiary/aromatic N) is 1. The molecule has 0 saturated heterocycles. The van der Waals surface area contributed by atoms with Gasteiger partial charge in [0, 0.05) is 6.42 Å². The van der Waals surface area contributed by atoms with Gasteiger partial charge < -0.3 is 19.8 Å². The molecule has 0 aromatic rings. The van der Waals surface area contributed by atoms with Crippen molar-refractivity contribution in [2.24, 2.45) is 0 Å². The lowest BCUT2D eigenvalue weighted by atomic mass is 10.0. The molecule has 0 aromatic heterocycles. The Morgan fingerprint density at radius 3 is 1.18 bits per heavy atom. The number of carbonyl (C=O) groups is 1. The third-order valence-corrected chi connectivity index (χ3v) is 14.9. The van der Waals surface area contributed by atoms with Crippen LogP contribution in [0.5, 0.6) is 0 Å². The van der Waals surface area contributed by atoms with Gasteiger partial charge in [-0.3, -0.25) is 13.8 Å². The lowest BCUT2D eigenvalue weighted by molar-refractivity contribution is -0.870. The van der Waals surface area contributed by atoms with E-state index in [1.807, 2.05) is 27.2 Å². The van der Waals surface area contributed by atoms with Crippen LogP contribution in [0.4, 0.5) is 0 Å². The van der Waals surface area contributed by atoms with Crippen LogP contribution in [0.25, 0.3) is 0 Å². The molecule has 73 heavy (non-hydrogen) atoms. The number of amides is 1. The summed E-state index contributed by atoms with van der Waals surface area (Å²) in [7, 11) is 1.55. The first-order valence-electron chi connectivity index (χ1n) is 31.2. The first-order valence-corrected chi connectivity index (χ1v) is 32.7. The summed E-state index contributed by atoms with van der Waals surface area (Å²) in [5, 5.41) is 13.9. The maximum Gasteiger partial charge on any atom is 0.472 e. The van der Waals surface area contributed by atoms with Crippen LogP contribution < -0.4 is 5.32 Å². The van der Waals surface area contributed by atoms with Gasteiger partial charge in [-0.15, -0.1) is 0 Å². The molecule has 0 aliphatic rings. The number of rotatable bonds is 57. The SMILES string of the molecule is CCCCCCCCCCC/C=C\C/C=C\CCCCCCCCCCCCCC(=O)NC(COP(=O)(O)OCC[N+](C)(C)C)C(O)/C=C/CC/C=C/CC/C=C/CCCCCCCCCCCCCCCC. The standard InChI is InChI=1S/C64H121N2O6P/c1-6-8-10-12-14-16-18-20-22-24-26-28-30-32-33-34-36-38-40-42-44-46-48-50-52-54-56-58-64(68)65-62(61-72-73(69,70)71-60-59-66(3,4)5)63(67)57-55-53-51-49-47-45-43-41-39-37-35-31-29-27-25-23-21-19-17-15-13-11-9-7-2/h26,28,32-33,39,41,47,49,55,57,62-63,67H,6-25,27,29-31,34-38,40,42-46,48,50-54,56,58-61H2,1-5H3,(H-,65,68,69,70)/p+1/b28-26-,33-32-,41-39+,49-47+,57-55+. The second kappa shape index (κ2) is 55.0. The van der Waals surface area contributed by atoms with Crippen molar-refractivity contribution in [1.82, 2.24) is 5.32 Å². The molecule has 0 aromatic carbocycles. The van der Waals surface area contributed by atoms with E-state index in [1.54, 1.807) is 6.08 Å². The summed E-state index contributed by atoms with van der Waals surface area (Å²) in [5.74, 6) is -0.191. The summed E-state index contributed by atoms with van der Waals surface area (Å²) < 4.78 is 23.7. The Morgan fingerprint density at radius 2 is 0.795 bits per heavy atom. The topological polar surface area (TPSA) is 105 Å². The number of carbonyl (C=O) groups excluding carboxylic acids is 1. The van der Waals surface area contributed by atoms with Crippen LogP contribution in [0.1, 0.15) is 290 Å². The van der Waals surface area contributed by atoms with Crippen molar-refractivity contribution in [3.05, 3.63) is 60.8 Å². The fraction of sp³-hybridized carbons (Fsp3) is 0.828. The zero-order valence-electron chi connectivity index (χ0n) is 48.9. The van der Waals surface area contributed by atoms with E-state index < -0.39 is 20.0 Å². The molecule has 0 rings (SSSR count). The van der Waals surface area contributed by atoms with E-state index in [0.717, 1.165) is 51.4 Å². The summed E-state index contributed by atoms with van der Waals surface area (Å²) >= 11 is 0. The molecule has 0 spiro atoms. The molecule has 3 unspecified atom stereocenters. The number of unbranched alkanes of at least 4 members (excludes halogenated alkanes) is 36. The molecule has 1 amide bonds. The zero-order chi connectivity index (χ0) is 53.5. The number of nitrogens with one attached hydrogen (secondary N) is 1. The number of hydrogen-bond acceptors (Lipinski definition) is 5. The number of hydrogen-bond donors (Lipinski definition) is 3. The van der Waals surface area contributed by atoms with Gasteiger partial charge in [0.05, 0.1) is 39.9 Å². The van der Waals surface area contributed by atoms with Crippen LogP contribution in [0.2, 0.25) is 0 Å². The van der Waals surface area contributed by atoms with E-state index >= 15 is 0 Å². The molecule has 0 fully saturated rings. The van der Waals surface area contributed by atoms with Crippen molar-refractivity contribution in [2.45, 2.75) is 302 Å². The zero-order valence-corrected chi connectivity index (χ0v) is 49.8. The molecule has 428 valence electrons. The summed E-state index contributed by atoms with van der Waals surface area (Å²) in [4.78, 5) is 23.3. The van der Waals surface area contributed by atoms with Gasteiger partial charge in [-0.1, -0.05) is 267 Å². The second-order valence-electron chi connectivity index (χ2n) is 22.4. The molecule has 3 atom stereocenters. The molecule has 0 radical (unpaired) electrons. The van der Waals surface area contributed by atoms with Crippen LogP contribution in [0.15, 0.2) is 60.8 Å². The van der Waals surface area contributed by atoms with Crippen molar-refractivity contribution in [3.8, 4) is 0 Å². The Kier molecular flexibility index (Phi) is 53.6. The minimum atomic E-state index is -4.36. The number of aliphatic hydroxyl groups is 1. The Morgan fingerprint density at radius 1 is 0.466 bits per heavy atom. The molecule has 0 aliphatic heterocycles. The van der Waals surface area contributed by atoms with Gasteiger partial charge in [-0.2, -0.15) is 0 Å². The van der Waals surface area contributed by atoms with Gasteiger partial charge in [-0.05, 0) is 77.0 Å². The molecular weight excluding hydrogens is 924 g/mol. The van der Waals surface area contributed by atoms with E-state index in [4.69, 9.17) is 9.05 Å². The Balaban J connectivity index is 4.23. The van der Waals surface area contributed by atoms with Gasteiger partial charge in [0.25, 0.3) is 0 Å². The number of allylic oxidation sites excluding steroid dienone is 9. The van der Waals surface area contributed by atoms with Crippen LogP contribution >= 0.6 is 7.82 Å². The number of aliphatic hydroxyl groups excluding tert-OH is 1. The van der Waals surface area contributed by atoms with Crippen molar-refractivity contribution < 1.29 is 32.9 Å². The maximum atomic E-state index is 13.0. The fourth-order valence-corrected chi connectivity index (χ4v) is 9.78. The van der Waals surface area contributed by atoms with Crippen LogP contribution in [0.3, 0.4) is 0 Å². The van der Waals surface area contributed by atoms with Crippen molar-refractivity contribution in [1.29, 1.82) is 0 Å².